The van der Waals surface area contributed by atoms with Crippen LogP contribution in [0.3, 0.4) is 0 Å². The molecule has 2 aromatic rings. The number of hydrogen-bond donors (Lipinski definition) is 2. The monoisotopic (exact) mass is 521 g/mol. The van der Waals surface area contributed by atoms with E-state index in [4.69, 9.17) is 21.1 Å². The summed E-state index contributed by atoms with van der Waals surface area (Å²) in [6.07, 6.45) is 1.27. The number of rotatable bonds is 8. The molecule has 0 fully saturated rings. The summed E-state index contributed by atoms with van der Waals surface area (Å²) in [5.41, 5.74) is 1.63. The molecule has 8 heteroatoms. The maximum Gasteiger partial charge on any atom is 0.190 e. The van der Waals surface area contributed by atoms with Crippen LogP contribution in [0.5, 0.6) is 11.5 Å². The minimum absolute atomic E-state index is 0. The summed E-state index contributed by atoms with van der Waals surface area (Å²) in [5.74, 6) is 1.78. The second kappa shape index (κ2) is 12.7. The van der Waals surface area contributed by atoms with E-state index in [-0.39, 0.29) is 29.8 Å². The van der Waals surface area contributed by atoms with Crippen LogP contribution in [0.25, 0.3) is 0 Å². The minimum atomic E-state index is -0.291. The molecule has 0 amide bonds. The van der Waals surface area contributed by atoms with Crippen molar-refractivity contribution < 1.29 is 13.9 Å². The fraction of sp³-hybridized carbons (Fsp3) is 0.350. The Labute approximate surface area is 187 Å². The van der Waals surface area contributed by atoms with E-state index in [0.29, 0.717) is 47.6 Å². The van der Waals surface area contributed by atoms with Crippen LogP contribution in [0, 0.1) is 5.82 Å². The third-order valence-electron chi connectivity index (χ3n) is 4.11. The molecule has 0 heterocycles. The van der Waals surface area contributed by atoms with Gasteiger partial charge in [-0.1, -0.05) is 23.7 Å². The lowest BCUT2D eigenvalue weighted by molar-refractivity contribution is 0.354. The van der Waals surface area contributed by atoms with Gasteiger partial charge in [0.2, 0.25) is 0 Å². The van der Waals surface area contributed by atoms with Crippen molar-refractivity contribution in [2.45, 2.75) is 12.8 Å². The quantitative estimate of drug-likeness (QED) is 0.313. The molecule has 0 aliphatic heterocycles. The molecule has 0 aromatic heterocycles. The highest BCUT2D eigenvalue weighted by Crippen LogP contribution is 2.27. The Morgan fingerprint density at radius 1 is 1.04 bits per heavy atom. The number of hydrogen-bond acceptors (Lipinski definition) is 3. The molecule has 28 heavy (non-hydrogen) atoms. The highest BCUT2D eigenvalue weighted by atomic mass is 127. The Bertz CT molecular complexity index is 770. The van der Waals surface area contributed by atoms with Gasteiger partial charge in [0.15, 0.2) is 17.5 Å². The van der Waals surface area contributed by atoms with Crippen molar-refractivity contribution >= 4 is 41.5 Å². The lowest BCUT2D eigenvalue weighted by Crippen LogP contribution is -2.39. The van der Waals surface area contributed by atoms with Crippen LogP contribution < -0.4 is 20.1 Å². The molecule has 0 spiro atoms. The SMILES string of the molecule is CN=C(NCCc1ccc(OC)c(OC)c1)NCCc1c(F)cccc1Cl.I. The molecular formula is C20H26ClFIN3O2. The zero-order chi connectivity index (χ0) is 19.6. The second-order valence-corrected chi connectivity index (χ2v) is 6.22. The van der Waals surface area contributed by atoms with Gasteiger partial charge in [-0.3, -0.25) is 4.99 Å². The van der Waals surface area contributed by atoms with Crippen LogP contribution in [0.15, 0.2) is 41.4 Å². The van der Waals surface area contributed by atoms with E-state index in [1.807, 2.05) is 18.2 Å². The number of nitrogens with zero attached hydrogens (tertiary/aromatic N) is 1. The fourth-order valence-electron chi connectivity index (χ4n) is 2.66. The molecular weight excluding hydrogens is 496 g/mol. The molecule has 2 aromatic carbocycles. The van der Waals surface area contributed by atoms with Gasteiger partial charge in [0, 0.05) is 30.7 Å². The Balaban J connectivity index is 0.00000392. The number of halogens is 3. The summed E-state index contributed by atoms with van der Waals surface area (Å²) in [5, 5.41) is 6.85. The van der Waals surface area contributed by atoms with Gasteiger partial charge in [-0.15, -0.1) is 24.0 Å². The van der Waals surface area contributed by atoms with Crippen molar-refractivity contribution in [1.82, 2.24) is 10.6 Å². The summed E-state index contributed by atoms with van der Waals surface area (Å²) < 4.78 is 24.3. The highest BCUT2D eigenvalue weighted by Gasteiger charge is 2.07. The van der Waals surface area contributed by atoms with E-state index in [1.165, 1.54) is 6.07 Å². The van der Waals surface area contributed by atoms with E-state index in [0.717, 1.165) is 12.0 Å². The first-order valence-electron chi connectivity index (χ1n) is 8.67. The van der Waals surface area contributed by atoms with Crippen molar-refractivity contribution in [2.24, 2.45) is 4.99 Å². The number of methoxy groups -OCH3 is 2. The fourth-order valence-corrected chi connectivity index (χ4v) is 2.92. The van der Waals surface area contributed by atoms with Crippen molar-refractivity contribution in [1.29, 1.82) is 0 Å². The van der Waals surface area contributed by atoms with Crippen LogP contribution in [0.4, 0.5) is 4.39 Å². The molecule has 154 valence electrons. The lowest BCUT2D eigenvalue weighted by atomic mass is 10.1. The zero-order valence-electron chi connectivity index (χ0n) is 16.2. The highest BCUT2D eigenvalue weighted by molar-refractivity contribution is 14.0. The van der Waals surface area contributed by atoms with E-state index in [1.54, 1.807) is 33.4 Å². The van der Waals surface area contributed by atoms with Crippen molar-refractivity contribution in [3.8, 4) is 11.5 Å². The first-order chi connectivity index (χ1) is 13.1. The van der Waals surface area contributed by atoms with Gasteiger partial charge in [0.25, 0.3) is 0 Å². The molecule has 0 unspecified atom stereocenters. The van der Waals surface area contributed by atoms with Gasteiger partial charge in [-0.2, -0.15) is 0 Å². The van der Waals surface area contributed by atoms with Gasteiger partial charge in [0.1, 0.15) is 5.82 Å². The molecule has 0 aliphatic rings. The summed E-state index contributed by atoms with van der Waals surface area (Å²) in [4.78, 5) is 4.18. The van der Waals surface area contributed by atoms with Gasteiger partial charge < -0.3 is 20.1 Å². The van der Waals surface area contributed by atoms with Crippen molar-refractivity contribution in [2.75, 3.05) is 34.4 Å². The van der Waals surface area contributed by atoms with Gasteiger partial charge in [-0.25, -0.2) is 4.39 Å². The maximum atomic E-state index is 13.8. The largest absolute Gasteiger partial charge is 0.493 e. The van der Waals surface area contributed by atoms with Crippen molar-refractivity contribution in [3.05, 3.63) is 58.4 Å². The number of benzene rings is 2. The first-order valence-corrected chi connectivity index (χ1v) is 9.05. The van der Waals surface area contributed by atoms with E-state index in [2.05, 4.69) is 15.6 Å². The Morgan fingerprint density at radius 3 is 2.32 bits per heavy atom. The van der Waals surface area contributed by atoms with Gasteiger partial charge in [-0.05, 0) is 42.7 Å². The Kier molecular flexibility index (Phi) is 11.0. The zero-order valence-corrected chi connectivity index (χ0v) is 19.3. The first kappa shape index (κ1) is 24.3. The number of guanidine groups is 1. The lowest BCUT2D eigenvalue weighted by Gasteiger charge is -2.13. The molecule has 0 atom stereocenters. The molecule has 0 radical (unpaired) electrons. The normalized spacial score (nSPS) is 10.8. The third kappa shape index (κ3) is 7.01. The molecule has 0 saturated carbocycles. The van der Waals surface area contributed by atoms with Crippen LogP contribution >= 0.6 is 35.6 Å². The van der Waals surface area contributed by atoms with Crippen LogP contribution in [0.1, 0.15) is 11.1 Å². The molecule has 5 nitrogen and oxygen atoms in total. The van der Waals surface area contributed by atoms with E-state index in [9.17, 15) is 4.39 Å². The van der Waals surface area contributed by atoms with E-state index >= 15 is 0 Å². The summed E-state index contributed by atoms with van der Waals surface area (Å²) >= 11 is 6.04. The predicted octanol–water partition coefficient (Wildman–Crippen LogP) is 4.06. The Hall–Kier alpha value is -1.74. The number of nitrogens with one attached hydrogen (secondary N) is 2. The minimum Gasteiger partial charge on any atom is -0.493 e. The molecule has 0 aliphatic carbocycles. The maximum absolute atomic E-state index is 13.8. The number of aliphatic imine (C=N–C) groups is 1. The van der Waals surface area contributed by atoms with Crippen LogP contribution in [-0.4, -0.2) is 40.3 Å². The molecule has 2 rings (SSSR count). The third-order valence-corrected chi connectivity index (χ3v) is 4.46. The van der Waals surface area contributed by atoms with Gasteiger partial charge >= 0.3 is 0 Å². The summed E-state index contributed by atoms with van der Waals surface area (Å²) in [6.45, 7) is 1.21. The average Bonchev–Trinajstić information content (AvgIpc) is 2.68. The summed E-state index contributed by atoms with van der Waals surface area (Å²) in [7, 11) is 4.93. The smallest absolute Gasteiger partial charge is 0.190 e. The molecule has 2 N–H and O–H groups in total. The number of ether oxygens (including phenoxy) is 2. The molecule has 0 saturated heterocycles. The van der Waals surface area contributed by atoms with E-state index < -0.39 is 0 Å². The van der Waals surface area contributed by atoms with Crippen LogP contribution in [0.2, 0.25) is 5.02 Å². The topological polar surface area (TPSA) is 54.9 Å². The van der Waals surface area contributed by atoms with Crippen molar-refractivity contribution in [3.63, 3.8) is 0 Å². The second-order valence-electron chi connectivity index (χ2n) is 5.82. The van der Waals surface area contributed by atoms with Crippen LogP contribution in [-0.2, 0) is 12.8 Å². The molecule has 0 bridgehead atoms. The summed E-state index contributed by atoms with van der Waals surface area (Å²) in [6, 6.07) is 10.5. The Morgan fingerprint density at radius 2 is 1.71 bits per heavy atom. The van der Waals surface area contributed by atoms with Gasteiger partial charge in [0.05, 0.1) is 14.2 Å². The average molecular weight is 522 g/mol. The predicted molar refractivity (Wildman–Crippen MR) is 123 cm³/mol. The standard InChI is InChI=1S/C20H25ClFN3O2.HI/c1-23-20(25-12-10-15-16(21)5-4-6-17(15)22)24-11-9-14-7-8-18(26-2)19(13-14)27-3;/h4-8,13H,9-12H2,1-3H3,(H2,23,24,25);1H.